The monoisotopic (exact) mass is 688 g/mol. The molecular weight excluding hydrogens is 640 g/mol. The molecule has 0 saturated heterocycles. The number of aromatic nitrogens is 1. The van der Waals surface area contributed by atoms with Crippen molar-refractivity contribution in [1.82, 2.24) is 4.98 Å². The molecule has 262 valence electrons. The number of aliphatic hydroxyl groups excluding tert-OH is 1. The second-order valence-corrected chi connectivity index (χ2v) is 15.5. The second kappa shape index (κ2) is 14.0. The summed E-state index contributed by atoms with van der Waals surface area (Å²) in [4.78, 5) is 17.6. The molecule has 9 heteroatoms. The lowest BCUT2D eigenvalue weighted by Crippen LogP contribution is -2.53. The fourth-order valence-corrected chi connectivity index (χ4v) is 9.40. The standard InChI is InChI=1S/C40H49ClN2O6/c1-25(24-48-34-9-16-42-33-8-3-5-26(2)37(33)34)19-28-20-27-21-35-36(49-31(10-17-44)11-18-47-35)23-32(27)39(28)12-14-40(15-13-39,38(45)46)43-30-7-4-6-29(41)22-30/h4,6-7,9,16,21-23,25-26,28,31,43-44H,3,5,8,10-15,17-20,24H2,1-2H3,(H,45,46)/t25-,26-,28+,31?,39?,40?/m1/s1. The summed E-state index contributed by atoms with van der Waals surface area (Å²) < 4.78 is 19.2. The van der Waals surface area contributed by atoms with Crippen molar-refractivity contribution in [2.75, 3.05) is 25.1 Å². The molecule has 1 fully saturated rings. The van der Waals surface area contributed by atoms with Crippen LogP contribution >= 0.6 is 11.6 Å². The molecule has 1 spiro atoms. The number of halogens is 1. The Hall–Kier alpha value is -3.49. The van der Waals surface area contributed by atoms with E-state index in [0.29, 0.717) is 49.3 Å². The van der Waals surface area contributed by atoms with Crippen molar-refractivity contribution in [2.45, 2.75) is 107 Å². The first-order valence-electron chi connectivity index (χ1n) is 18.1. The highest BCUT2D eigenvalue weighted by Crippen LogP contribution is 2.58. The Morgan fingerprint density at radius 3 is 2.76 bits per heavy atom. The molecule has 0 amide bonds. The molecule has 2 heterocycles. The van der Waals surface area contributed by atoms with Gasteiger partial charge in [-0.15, -0.1) is 0 Å². The summed E-state index contributed by atoms with van der Waals surface area (Å²) in [5.41, 5.74) is 4.40. The third kappa shape index (κ3) is 6.71. The number of rotatable bonds is 10. The zero-order valence-electron chi connectivity index (χ0n) is 28.7. The molecule has 4 aliphatic rings. The first-order chi connectivity index (χ1) is 23.7. The number of aryl methyl sites for hydroxylation is 1. The van der Waals surface area contributed by atoms with E-state index >= 15 is 0 Å². The molecule has 1 aromatic heterocycles. The van der Waals surface area contributed by atoms with Gasteiger partial charge in [-0.25, -0.2) is 4.79 Å². The Balaban J connectivity index is 1.16. The molecule has 4 atom stereocenters. The average molecular weight is 689 g/mol. The first kappa shape index (κ1) is 34.0. The molecule has 3 aliphatic carbocycles. The minimum atomic E-state index is -1.09. The lowest BCUT2D eigenvalue weighted by molar-refractivity contribution is -0.144. The van der Waals surface area contributed by atoms with Gasteiger partial charge in [0, 0.05) is 47.6 Å². The SMILES string of the molecule is C[C@@H](COc1ccnc2c1[C@H](C)CCC2)C[C@H]1Cc2cc3c(cc2C12CCC(Nc1cccc(Cl)c1)(C(=O)O)CC2)OC(CCO)CCO3. The smallest absolute Gasteiger partial charge is 0.329 e. The third-order valence-corrected chi connectivity index (χ3v) is 12.0. The largest absolute Gasteiger partial charge is 0.493 e. The van der Waals surface area contributed by atoms with E-state index in [0.717, 1.165) is 67.9 Å². The molecule has 49 heavy (non-hydrogen) atoms. The molecule has 1 aliphatic heterocycles. The van der Waals surface area contributed by atoms with E-state index < -0.39 is 11.5 Å². The number of hydrogen-bond donors (Lipinski definition) is 3. The van der Waals surface area contributed by atoms with Crippen LogP contribution in [0.25, 0.3) is 0 Å². The van der Waals surface area contributed by atoms with Crippen LogP contribution in [-0.2, 0) is 23.1 Å². The molecule has 0 radical (unpaired) electrons. The maximum absolute atomic E-state index is 13.0. The van der Waals surface area contributed by atoms with Gasteiger partial charge in [0.05, 0.1) is 13.2 Å². The van der Waals surface area contributed by atoms with Crippen molar-refractivity contribution in [2.24, 2.45) is 11.8 Å². The molecule has 3 N–H and O–H groups in total. The molecule has 2 aromatic carbocycles. The highest BCUT2D eigenvalue weighted by atomic mass is 35.5. The number of carbonyl (C=O) groups is 1. The zero-order valence-corrected chi connectivity index (χ0v) is 29.4. The fourth-order valence-electron chi connectivity index (χ4n) is 9.21. The summed E-state index contributed by atoms with van der Waals surface area (Å²) in [6.45, 7) is 5.78. The Kier molecular flexibility index (Phi) is 9.73. The molecule has 8 nitrogen and oxygen atoms in total. The van der Waals surface area contributed by atoms with E-state index in [9.17, 15) is 15.0 Å². The summed E-state index contributed by atoms with van der Waals surface area (Å²) in [6, 6.07) is 13.7. The van der Waals surface area contributed by atoms with Crippen LogP contribution in [0, 0.1) is 11.8 Å². The predicted molar refractivity (Wildman–Crippen MR) is 190 cm³/mol. The predicted octanol–water partition coefficient (Wildman–Crippen LogP) is 8.11. The van der Waals surface area contributed by atoms with E-state index in [2.05, 4.69) is 36.3 Å². The number of hydrogen-bond acceptors (Lipinski definition) is 7. The first-order valence-corrected chi connectivity index (χ1v) is 18.5. The van der Waals surface area contributed by atoms with Gasteiger partial charge in [-0.2, -0.15) is 0 Å². The molecule has 1 unspecified atom stereocenters. The van der Waals surface area contributed by atoms with Gasteiger partial charge in [-0.1, -0.05) is 31.5 Å². The number of aliphatic hydroxyl groups is 1. The number of anilines is 1. The Morgan fingerprint density at radius 1 is 1.14 bits per heavy atom. The average Bonchev–Trinajstić information content (AvgIpc) is 3.20. The van der Waals surface area contributed by atoms with Crippen molar-refractivity contribution in [1.29, 1.82) is 0 Å². The van der Waals surface area contributed by atoms with Gasteiger partial charge in [0.25, 0.3) is 0 Å². The molecule has 1 saturated carbocycles. The van der Waals surface area contributed by atoms with Crippen LogP contribution in [-0.4, -0.2) is 52.6 Å². The van der Waals surface area contributed by atoms with Gasteiger partial charge < -0.3 is 29.7 Å². The van der Waals surface area contributed by atoms with Gasteiger partial charge in [-0.3, -0.25) is 4.98 Å². The van der Waals surface area contributed by atoms with Crippen LogP contribution in [0.2, 0.25) is 5.02 Å². The number of fused-ring (bicyclic) bond motifs is 4. The van der Waals surface area contributed by atoms with E-state index in [1.54, 1.807) is 12.1 Å². The van der Waals surface area contributed by atoms with Crippen molar-refractivity contribution in [3.05, 3.63) is 76.1 Å². The number of benzene rings is 2. The molecule has 0 bridgehead atoms. The normalized spacial score (nSPS) is 27.9. The highest BCUT2D eigenvalue weighted by Gasteiger charge is 2.54. The third-order valence-electron chi connectivity index (χ3n) is 11.8. The second-order valence-electron chi connectivity index (χ2n) is 15.0. The fraction of sp³-hybridized carbons (Fsp3) is 0.550. The molecule has 3 aromatic rings. The minimum absolute atomic E-state index is 0.0645. The van der Waals surface area contributed by atoms with E-state index in [1.165, 1.54) is 28.8 Å². The number of carboxylic acids is 1. The van der Waals surface area contributed by atoms with Crippen LogP contribution in [0.15, 0.2) is 48.7 Å². The van der Waals surface area contributed by atoms with Gasteiger partial charge >= 0.3 is 5.97 Å². The van der Waals surface area contributed by atoms with Gasteiger partial charge in [0.1, 0.15) is 17.4 Å². The summed E-state index contributed by atoms with van der Waals surface area (Å²) in [7, 11) is 0. The highest BCUT2D eigenvalue weighted by molar-refractivity contribution is 6.30. The van der Waals surface area contributed by atoms with Crippen molar-refractivity contribution in [3.63, 3.8) is 0 Å². The molecular formula is C40H49ClN2O6. The lowest BCUT2D eigenvalue weighted by atomic mass is 9.59. The maximum atomic E-state index is 13.0. The number of ether oxygens (including phenoxy) is 3. The number of carboxylic acid groups (broad SMARTS) is 1. The van der Waals surface area contributed by atoms with Crippen LogP contribution in [0.4, 0.5) is 5.69 Å². The number of pyridine rings is 1. The number of nitrogens with zero attached hydrogens (tertiary/aromatic N) is 1. The van der Waals surface area contributed by atoms with Crippen molar-refractivity contribution in [3.8, 4) is 17.2 Å². The van der Waals surface area contributed by atoms with E-state index in [4.69, 9.17) is 25.8 Å². The quantitative estimate of drug-likeness (QED) is 0.196. The van der Waals surface area contributed by atoms with Crippen LogP contribution in [0.5, 0.6) is 17.2 Å². The summed E-state index contributed by atoms with van der Waals surface area (Å²) in [6.07, 6.45) is 10.7. The summed E-state index contributed by atoms with van der Waals surface area (Å²) >= 11 is 6.28. The van der Waals surface area contributed by atoms with E-state index in [-0.39, 0.29) is 24.0 Å². The summed E-state index contributed by atoms with van der Waals surface area (Å²) in [5, 5.41) is 24.2. The van der Waals surface area contributed by atoms with Crippen LogP contribution < -0.4 is 19.5 Å². The topological polar surface area (TPSA) is 110 Å². The zero-order chi connectivity index (χ0) is 34.2. The van der Waals surface area contributed by atoms with Crippen LogP contribution in [0.1, 0.15) is 99.9 Å². The van der Waals surface area contributed by atoms with Crippen LogP contribution in [0.3, 0.4) is 0 Å². The Labute approximate surface area is 294 Å². The van der Waals surface area contributed by atoms with Crippen molar-refractivity contribution >= 4 is 23.3 Å². The lowest BCUT2D eigenvalue weighted by Gasteiger charge is -2.47. The van der Waals surface area contributed by atoms with Gasteiger partial charge in [0.15, 0.2) is 11.5 Å². The maximum Gasteiger partial charge on any atom is 0.329 e. The van der Waals surface area contributed by atoms with Gasteiger partial charge in [-0.05, 0) is 128 Å². The number of nitrogens with one attached hydrogen (secondary N) is 1. The van der Waals surface area contributed by atoms with Crippen molar-refractivity contribution < 1.29 is 29.2 Å². The van der Waals surface area contributed by atoms with E-state index in [1.807, 2.05) is 24.4 Å². The number of aliphatic carboxylic acids is 1. The van der Waals surface area contributed by atoms with Gasteiger partial charge in [0.2, 0.25) is 0 Å². The minimum Gasteiger partial charge on any atom is -0.493 e. The molecule has 7 rings (SSSR count). The summed E-state index contributed by atoms with van der Waals surface area (Å²) in [5.74, 6) is 2.68. The Morgan fingerprint density at radius 2 is 1.98 bits per heavy atom. The Bertz CT molecular complexity index is 1670.